The van der Waals surface area contributed by atoms with Gasteiger partial charge in [-0.3, -0.25) is 10.1 Å². The van der Waals surface area contributed by atoms with Gasteiger partial charge < -0.3 is 4.74 Å². The smallest absolute Gasteiger partial charge is 0.343 e. The van der Waals surface area contributed by atoms with Crippen LogP contribution in [0.3, 0.4) is 0 Å². The van der Waals surface area contributed by atoms with Crippen molar-refractivity contribution in [1.82, 2.24) is 0 Å². The molecule has 0 aliphatic carbocycles. The third-order valence-corrected chi connectivity index (χ3v) is 3.27. The number of hydrogen-bond acceptors (Lipinski definition) is 6. The first-order chi connectivity index (χ1) is 11.9. The van der Waals surface area contributed by atoms with Gasteiger partial charge in [-0.2, -0.15) is 10.5 Å². The summed E-state index contributed by atoms with van der Waals surface area (Å²) in [4.78, 5) is 22.4. The fourth-order valence-corrected chi connectivity index (χ4v) is 2.04. The molecule has 0 heterocycles. The van der Waals surface area contributed by atoms with Gasteiger partial charge in [0, 0.05) is 11.6 Å². The fraction of sp³-hybridized carbons (Fsp3) is 0.0556. The maximum atomic E-state index is 12.1. The number of esters is 1. The monoisotopic (exact) mass is 333 g/mol. The minimum Gasteiger partial charge on any atom is -0.423 e. The van der Waals surface area contributed by atoms with Crippen LogP contribution in [0.25, 0.3) is 6.08 Å². The van der Waals surface area contributed by atoms with Crippen molar-refractivity contribution >= 4 is 17.7 Å². The van der Waals surface area contributed by atoms with E-state index in [1.165, 1.54) is 43.3 Å². The quantitative estimate of drug-likeness (QED) is 0.277. The molecule has 2 aromatic carbocycles. The van der Waals surface area contributed by atoms with Crippen molar-refractivity contribution in [1.29, 1.82) is 10.5 Å². The number of hydrogen-bond donors (Lipinski definition) is 0. The van der Waals surface area contributed by atoms with Gasteiger partial charge >= 0.3 is 5.97 Å². The maximum absolute atomic E-state index is 12.1. The lowest BCUT2D eigenvalue weighted by Crippen LogP contribution is -2.09. The van der Waals surface area contributed by atoms with Crippen LogP contribution in [0.5, 0.6) is 5.75 Å². The lowest BCUT2D eigenvalue weighted by atomic mass is 10.1. The van der Waals surface area contributed by atoms with Crippen LogP contribution in [0, 0.1) is 39.7 Å². The molecular formula is C18H11N3O4. The summed E-state index contributed by atoms with van der Waals surface area (Å²) >= 11 is 0. The molecule has 0 fully saturated rings. The van der Waals surface area contributed by atoms with Crippen molar-refractivity contribution in [2.45, 2.75) is 6.92 Å². The van der Waals surface area contributed by atoms with E-state index >= 15 is 0 Å². The van der Waals surface area contributed by atoms with Gasteiger partial charge in [-0.1, -0.05) is 12.1 Å². The number of nitro benzene ring substituents is 1. The van der Waals surface area contributed by atoms with Gasteiger partial charge in [0.1, 0.15) is 23.5 Å². The molecule has 0 aliphatic heterocycles. The van der Waals surface area contributed by atoms with Crippen molar-refractivity contribution in [3.8, 4) is 17.9 Å². The van der Waals surface area contributed by atoms with Crippen molar-refractivity contribution in [3.05, 3.63) is 74.8 Å². The second kappa shape index (κ2) is 7.53. The van der Waals surface area contributed by atoms with Gasteiger partial charge in [-0.25, -0.2) is 4.79 Å². The summed E-state index contributed by atoms with van der Waals surface area (Å²) in [6, 6.07) is 13.7. The Morgan fingerprint density at radius 2 is 1.80 bits per heavy atom. The zero-order valence-corrected chi connectivity index (χ0v) is 13.1. The molecule has 2 aromatic rings. The summed E-state index contributed by atoms with van der Waals surface area (Å²) < 4.78 is 5.21. The fourth-order valence-electron chi connectivity index (χ4n) is 2.04. The normalized spacial score (nSPS) is 9.40. The van der Waals surface area contributed by atoms with E-state index < -0.39 is 10.9 Å². The largest absolute Gasteiger partial charge is 0.423 e. The summed E-state index contributed by atoms with van der Waals surface area (Å²) in [5.74, 6) is -0.371. The molecule has 7 nitrogen and oxygen atoms in total. The molecule has 0 aliphatic rings. The lowest BCUT2D eigenvalue weighted by Gasteiger charge is -2.06. The Balaban J connectivity index is 2.15. The second-order valence-electron chi connectivity index (χ2n) is 5.00. The van der Waals surface area contributed by atoms with Crippen LogP contribution in [-0.2, 0) is 0 Å². The average molecular weight is 333 g/mol. The number of nitrogens with zero attached hydrogens (tertiary/aromatic N) is 3. The zero-order valence-electron chi connectivity index (χ0n) is 13.1. The molecule has 2 rings (SSSR count). The van der Waals surface area contributed by atoms with E-state index in [-0.39, 0.29) is 22.6 Å². The number of aryl methyl sites for hydroxylation is 1. The van der Waals surface area contributed by atoms with Gasteiger partial charge in [-0.05, 0) is 42.8 Å². The number of carbonyl (C=O) groups is 1. The third kappa shape index (κ3) is 4.27. The standard InChI is InChI=1S/C18H11N3O4/c1-12-8-15(4-7-17(12)21(23)24)18(22)25-16-5-2-13(3-6-16)9-14(10-19)11-20/h2-9H,1H3. The summed E-state index contributed by atoms with van der Waals surface area (Å²) in [5.41, 5.74) is 1.07. The molecule has 0 N–H and O–H groups in total. The summed E-state index contributed by atoms with van der Waals surface area (Å²) in [6.07, 6.45) is 1.41. The first-order valence-electron chi connectivity index (χ1n) is 7.04. The van der Waals surface area contributed by atoms with Gasteiger partial charge in [0.05, 0.1) is 10.5 Å². The second-order valence-corrected chi connectivity index (χ2v) is 5.00. The first kappa shape index (κ1) is 17.4. The third-order valence-electron chi connectivity index (χ3n) is 3.27. The molecule has 122 valence electrons. The Labute approximate surface area is 143 Å². The highest BCUT2D eigenvalue weighted by atomic mass is 16.6. The Hall–Kier alpha value is -3.97. The summed E-state index contributed by atoms with van der Waals surface area (Å²) in [6.45, 7) is 1.54. The van der Waals surface area contributed by atoms with E-state index in [4.69, 9.17) is 15.3 Å². The van der Waals surface area contributed by atoms with E-state index in [0.29, 0.717) is 11.1 Å². The molecule has 0 spiro atoms. The molecule has 0 saturated carbocycles. The maximum Gasteiger partial charge on any atom is 0.343 e. The molecule has 0 amide bonds. The van der Waals surface area contributed by atoms with Crippen LogP contribution in [0.15, 0.2) is 48.0 Å². The Kier molecular flexibility index (Phi) is 5.24. The van der Waals surface area contributed by atoms with Crippen LogP contribution in [0.4, 0.5) is 5.69 Å². The lowest BCUT2D eigenvalue weighted by molar-refractivity contribution is -0.385. The zero-order chi connectivity index (χ0) is 18.4. The van der Waals surface area contributed by atoms with E-state index in [9.17, 15) is 14.9 Å². The Morgan fingerprint density at radius 1 is 1.16 bits per heavy atom. The van der Waals surface area contributed by atoms with Crippen molar-refractivity contribution < 1.29 is 14.5 Å². The van der Waals surface area contributed by atoms with E-state index in [0.717, 1.165) is 0 Å². The molecule has 25 heavy (non-hydrogen) atoms. The molecule has 0 unspecified atom stereocenters. The molecule has 7 heteroatoms. The first-order valence-corrected chi connectivity index (χ1v) is 7.04. The Morgan fingerprint density at radius 3 is 2.32 bits per heavy atom. The number of carbonyl (C=O) groups excluding carboxylic acids is 1. The van der Waals surface area contributed by atoms with E-state index in [1.807, 2.05) is 0 Å². The molecular weight excluding hydrogens is 322 g/mol. The van der Waals surface area contributed by atoms with Crippen LogP contribution >= 0.6 is 0 Å². The predicted octanol–water partition coefficient (Wildman–Crippen LogP) is 3.55. The molecule has 0 bridgehead atoms. The van der Waals surface area contributed by atoms with Gasteiger partial charge in [-0.15, -0.1) is 0 Å². The van der Waals surface area contributed by atoms with Crippen LogP contribution in [0.2, 0.25) is 0 Å². The summed E-state index contributed by atoms with van der Waals surface area (Å²) in [7, 11) is 0. The number of nitro groups is 1. The minimum atomic E-state index is -0.643. The highest BCUT2D eigenvalue weighted by Gasteiger charge is 2.15. The summed E-state index contributed by atoms with van der Waals surface area (Å²) in [5, 5.41) is 28.2. The molecule has 0 atom stereocenters. The number of rotatable bonds is 4. The number of benzene rings is 2. The number of nitriles is 2. The number of ether oxygens (including phenoxy) is 1. The number of allylic oxidation sites excluding steroid dienone is 1. The highest BCUT2D eigenvalue weighted by Crippen LogP contribution is 2.21. The van der Waals surface area contributed by atoms with Gasteiger partial charge in [0.25, 0.3) is 5.69 Å². The molecule has 0 saturated heterocycles. The van der Waals surface area contributed by atoms with Crippen molar-refractivity contribution in [2.24, 2.45) is 0 Å². The van der Waals surface area contributed by atoms with E-state index in [2.05, 4.69) is 0 Å². The minimum absolute atomic E-state index is 0.0360. The molecule has 0 radical (unpaired) electrons. The van der Waals surface area contributed by atoms with Crippen LogP contribution in [-0.4, -0.2) is 10.9 Å². The predicted molar refractivity (Wildman–Crippen MR) is 88.4 cm³/mol. The van der Waals surface area contributed by atoms with E-state index in [1.54, 1.807) is 24.3 Å². The van der Waals surface area contributed by atoms with Crippen molar-refractivity contribution in [2.75, 3.05) is 0 Å². The van der Waals surface area contributed by atoms with Gasteiger partial charge in [0.15, 0.2) is 0 Å². The van der Waals surface area contributed by atoms with Gasteiger partial charge in [0.2, 0.25) is 0 Å². The topological polar surface area (TPSA) is 117 Å². The highest BCUT2D eigenvalue weighted by molar-refractivity contribution is 5.91. The van der Waals surface area contributed by atoms with Crippen LogP contribution in [0.1, 0.15) is 21.5 Å². The Bertz CT molecular complexity index is 932. The molecule has 0 aromatic heterocycles. The van der Waals surface area contributed by atoms with Crippen molar-refractivity contribution in [3.63, 3.8) is 0 Å². The SMILES string of the molecule is Cc1cc(C(=O)Oc2ccc(C=C(C#N)C#N)cc2)ccc1[N+](=O)[O-]. The average Bonchev–Trinajstić information content (AvgIpc) is 2.60. The van der Waals surface area contributed by atoms with Crippen LogP contribution < -0.4 is 4.74 Å².